The average Bonchev–Trinajstić information content (AvgIpc) is 3.38. The molecule has 0 saturated heterocycles. The molecule has 0 fully saturated rings. The summed E-state index contributed by atoms with van der Waals surface area (Å²) in [5.41, 5.74) is 4.54. The largest absolute Gasteiger partial charge is 0.481 e. The monoisotopic (exact) mass is 451 g/mol. The molecule has 0 spiro atoms. The van der Waals surface area contributed by atoms with Crippen molar-refractivity contribution in [2.45, 2.75) is 18.8 Å². The fraction of sp³-hybridized carbons (Fsp3) is 0.217. The van der Waals surface area contributed by atoms with Gasteiger partial charge in [-0.1, -0.05) is 59.9 Å². The summed E-state index contributed by atoms with van der Waals surface area (Å²) in [5.74, 6) is -1.32. The molecule has 2 amide bonds. The standard InChI is InChI=1S/C23H21N3O5S/c27-20(28)10-5-11-24-21(29)19-12-25-22(32-19)26-23(30)31-13-18-16-8-3-1-6-14(16)15-7-2-4-9-17(15)18/h1-4,6-9,12,18H,5,10-11,13H2,(H,24,29)(H,27,28)(H,25,26,30). The maximum atomic E-state index is 12.3. The number of hydrogen-bond acceptors (Lipinski definition) is 6. The van der Waals surface area contributed by atoms with E-state index in [1.807, 2.05) is 36.4 Å². The molecule has 0 unspecified atom stereocenters. The van der Waals surface area contributed by atoms with Crippen molar-refractivity contribution >= 4 is 34.4 Å². The number of fused-ring (bicyclic) bond motifs is 3. The number of amides is 2. The van der Waals surface area contributed by atoms with E-state index in [1.165, 1.54) is 6.20 Å². The van der Waals surface area contributed by atoms with Crippen LogP contribution >= 0.6 is 11.3 Å². The Kier molecular flexibility index (Phi) is 6.46. The maximum Gasteiger partial charge on any atom is 0.413 e. The number of thiazole rings is 1. The number of benzene rings is 2. The first-order valence-electron chi connectivity index (χ1n) is 10.1. The highest BCUT2D eigenvalue weighted by Gasteiger charge is 2.29. The van der Waals surface area contributed by atoms with E-state index in [4.69, 9.17) is 9.84 Å². The molecule has 8 nitrogen and oxygen atoms in total. The van der Waals surface area contributed by atoms with Crippen molar-refractivity contribution in [3.63, 3.8) is 0 Å². The van der Waals surface area contributed by atoms with Crippen molar-refractivity contribution in [1.29, 1.82) is 0 Å². The van der Waals surface area contributed by atoms with E-state index in [9.17, 15) is 14.4 Å². The van der Waals surface area contributed by atoms with E-state index >= 15 is 0 Å². The molecule has 0 atom stereocenters. The van der Waals surface area contributed by atoms with Crippen LogP contribution in [0, 0.1) is 0 Å². The normalized spacial score (nSPS) is 12.0. The van der Waals surface area contributed by atoms with Gasteiger partial charge in [0.2, 0.25) is 0 Å². The Balaban J connectivity index is 1.32. The van der Waals surface area contributed by atoms with Crippen LogP contribution in [0.1, 0.15) is 39.6 Å². The number of anilines is 1. The molecule has 0 radical (unpaired) electrons. The molecule has 1 aromatic heterocycles. The molecule has 2 aromatic carbocycles. The van der Waals surface area contributed by atoms with Crippen molar-refractivity contribution in [3.8, 4) is 11.1 Å². The second kappa shape index (κ2) is 9.61. The fourth-order valence-corrected chi connectivity index (χ4v) is 4.41. The van der Waals surface area contributed by atoms with Gasteiger partial charge in [-0.15, -0.1) is 0 Å². The number of aliphatic carboxylic acids is 1. The van der Waals surface area contributed by atoms with Crippen LogP contribution in [0.25, 0.3) is 11.1 Å². The molecule has 0 aliphatic heterocycles. The Morgan fingerprint density at radius 3 is 2.34 bits per heavy atom. The summed E-state index contributed by atoms with van der Waals surface area (Å²) in [6.07, 6.45) is 1.04. The lowest BCUT2D eigenvalue weighted by molar-refractivity contribution is -0.137. The summed E-state index contributed by atoms with van der Waals surface area (Å²) in [4.78, 5) is 39.3. The van der Waals surface area contributed by atoms with Crippen LogP contribution in [0.15, 0.2) is 54.7 Å². The lowest BCUT2D eigenvalue weighted by Gasteiger charge is -2.14. The van der Waals surface area contributed by atoms with Crippen LogP contribution in [0.3, 0.4) is 0 Å². The Morgan fingerprint density at radius 2 is 1.69 bits per heavy atom. The predicted molar refractivity (Wildman–Crippen MR) is 120 cm³/mol. The molecule has 9 heteroatoms. The van der Waals surface area contributed by atoms with Gasteiger partial charge in [-0.2, -0.15) is 0 Å². The van der Waals surface area contributed by atoms with Crippen LogP contribution < -0.4 is 10.6 Å². The SMILES string of the molecule is O=C(O)CCCNC(=O)c1cnc(NC(=O)OCC2c3ccccc3-c3ccccc32)s1. The Morgan fingerprint density at radius 1 is 1.03 bits per heavy atom. The third kappa shape index (κ3) is 4.78. The molecule has 32 heavy (non-hydrogen) atoms. The van der Waals surface area contributed by atoms with Crippen molar-refractivity contribution in [2.75, 3.05) is 18.5 Å². The highest BCUT2D eigenvalue weighted by molar-refractivity contribution is 7.17. The zero-order valence-electron chi connectivity index (χ0n) is 17.0. The Bertz CT molecular complexity index is 1110. The zero-order chi connectivity index (χ0) is 22.5. The van der Waals surface area contributed by atoms with Crippen LogP contribution in [0.2, 0.25) is 0 Å². The number of carbonyl (C=O) groups is 3. The van der Waals surface area contributed by atoms with Gasteiger partial charge >= 0.3 is 12.1 Å². The molecule has 1 aliphatic rings. The Hall–Kier alpha value is -3.72. The molecule has 1 aliphatic carbocycles. The van der Waals surface area contributed by atoms with E-state index in [0.717, 1.165) is 33.6 Å². The highest BCUT2D eigenvalue weighted by atomic mass is 32.1. The summed E-state index contributed by atoms with van der Waals surface area (Å²) >= 11 is 1.02. The van der Waals surface area contributed by atoms with Gasteiger partial charge in [-0.25, -0.2) is 9.78 Å². The molecule has 3 aromatic rings. The molecule has 4 rings (SSSR count). The third-order valence-corrected chi connectivity index (χ3v) is 6.05. The number of carbonyl (C=O) groups excluding carboxylic acids is 2. The number of nitrogens with zero attached hydrogens (tertiary/aromatic N) is 1. The minimum atomic E-state index is -0.911. The van der Waals surface area contributed by atoms with Gasteiger partial charge in [-0.05, 0) is 28.7 Å². The number of hydrogen-bond donors (Lipinski definition) is 3. The number of ether oxygens (including phenoxy) is 1. The van der Waals surface area contributed by atoms with Gasteiger partial charge in [0, 0.05) is 18.9 Å². The minimum Gasteiger partial charge on any atom is -0.481 e. The van der Waals surface area contributed by atoms with Crippen LogP contribution in [0.4, 0.5) is 9.93 Å². The number of carboxylic acids is 1. The molecule has 1 heterocycles. The first-order valence-corrected chi connectivity index (χ1v) is 10.9. The maximum absolute atomic E-state index is 12.3. The van der Waals surface area contributed by atoms with Crippen LogP contribution in [0.5, 0.6) is 0 Å². The number of rotatable bonds is 8. The first-order chi connectivity index (χ1) is 15.5. The van der Waals surface area contributed by atoms with Crippen LogP contribution in [-0.2, 0) is 9.53 Å². The summed E-state index contributed by atoms with van der Waals surface area (Å²) in [6, 6.07) is 16.2. The summed E-state index contributed by atoms with van der Waals surface area (Å²) < 4.78 is 5.48. The smallest absolute Gasteiger partial charge is 0.413 e. The van der Waals surface area contributed by atoms with E-state index in [2.05, 4.69) is 27.8 Å². The quantitative estimate of drug-likeness (QED) is 0.444. The van der Waals surface area contributed by atoms with E-state index in [1.54, 1.807) is 0 Å². The predicted octanol–water partition coefficient (Wildman–Crippen LogP) is 4.10. The fourth-order valence-electron chi connectivity index (χ4n) is 3.69. The van der Waals surface area contributed by atoms with Gasteiger partial charge in [0.25, 0.3) is 5.91 Å². The van der Waals surface area contributed by atoms with E-state index in [-0.39, 0.29) is 36.5 Å². The summed E-state index contributed by atoms with van der Waals surface area (Å²) in [7, 11) is 0. The van der Waals surface area contributed by atoms with Gasteiger partial charge in [0.15, 0.2) is 5.13 Å². The molecule has 3 N–H and O–H groups in total. The van der Waals surface area contributed by atoms with Crippen molar-refractivity contribution in [3.05, 3.63) is 70.7 Å². The minimum absolute atomic E-state index is 0.0163. The molecular formula is C23H21N3O5S. The van der Waals surface area contributed by atoms with Gasteiger partial charge in [0.05, 0.1) is 6.20 Å². The number of aromatic nitrogens is 1. The van der Waals surface area contributed by atoms with Crippen molar-refractivity contribution in [1.82, 2.24) is 10.3 Å². The highest BCUT2D eigenvalue weighted by Crippen LogP contribution is 2.44. The van der Waals surface area contributed by atoms with Crippen molar-refractivity contribution < 1.29 is 24.2 Å². The first kappa shape index (κ1) is 21.5. The lowest BCUT2D eigenvalue weighted by atomic mass is 9.98. The number of nitrogens with one attached hydrogen (secondary N) is 2. The van der Waals surface area contributed by atoms with Gasteiger partial charge in [0.1, 0.15) is 11.5 Å². The van der Waals surface area contributed by atoms with Gasteiger partial charge < -0.3 is 15.2 Å². The molecule has 164 valence electrons. The molecular weight excluding hydrogens is 430 g/mol. The molecule has 0 bridgehead atoms. The Labute approximate surface area is 188 Å². The van der Waals surface area contributed by atoms with Gasteiger partial charge in [-0.3, -0.25) is 14.9 Å². The van der Waals surface area contributed by atoms with Crippen molar-refractivity contribution in [2.24, 2.45) is 0 Å². The van der Waals surface area contributed by atoms with Crippen LogP contribution in [-0.4, -0.2) is 41.2 Å². The number of carboxylic acid groups (broad SMARTS) is 1. The summed E-state index contributed by atoms with van der Waals surface area (Å²) in [6.45, 7) is 0.431. The second-order valence-electron chi connectivity index (χ2n) is 7.23. The lowest BCUT2D eigenvalue weighted by Crippen LogP contribution is -2.24. The summed E-state index contributed by atoms with van der Waals surface area (Å²) in [5, 5.41) is 14.1. The topological polar surface area (TPSA) is 118 Å². The second-order valence-corrected chi connectivity index (χ2v) is 8.26. The average molecular weight is 452 g/mol. The third-order valence-electron chi connectivity index (χ3n) is 5.14. The van der Waals surface area contributed by atoms with E-state index in [0.29, 0.717) is 11.3 Å². The van der Waals surface area contributed by atoms with E-state index < -0.39 is 12.1 Å². The molecule has 0 saturated carbocycles. The zero-order valence-corrected chi connectivity index (χ0v) is 17.9.